The van der Waals surface area contributed by atoms with E-state index in [1.165, 1.54) is 11.3 Å². The molecule has 2 heterocycles. The molecule has 2 aromatic heterocycles. The van der Waals surface area contributed by atoms with E-state index in [1.807, 2.05) is 30.5 Å². The molecule has 0 aliphatic carbocycles. The standard InChI is InChI=1S/C20H17N5O3S/c1-27-16-8-7-14(12-17(16)28-2)19-23-24-20(29-19)22-18(26)13-5-3-6-15(11-13)25-10-4-9-21-25/h3-12H,1-2H3,(H,22,24,26). The van der Waals surface area contributed by atoms with Gasteiger partial charge >= 0.3 is 0 Å². The van der Waals surface area contributed by atoms with Gasteiger partial charge in [-0.3, -0.25) is 10.1 Å². The second-order valence-corrected chi connectivity index (χ2v) is 6.91. The van der Waals surface area contributed by atoms with Gasteiger partial charge in [-0.25, -0.2) is 4.68 Å². The molecule has 9 heteroatoms. The maximum absolute atomic E-state index is 12.6. The Labute approximate surface area is 170 Å². The van der Waals surface area contributed by atoms with E-state index in [0.717, 1.165) is 11.3 Å². The van der Waals surface area contributed by atoms with Gasteiger partial charge in [-0.05, 0) is 42.5 Å². The summed E-state index contributed by atoms with van der Waals surface area (Å²) in [5.41, 5.74) is 2.12. The fourth-order valence-electron chi connectivity index (χ4n) is 2.74. The largest absolute Gasteiger partial charge is 0.493 e. The smallest absolute Gasteiger partial charge is 0.257 e. The molecule has 146 valence electrons. The highest BCUT2D eigenvalue weighted by Gasteiger charge is 2.14. The highest BCUT2D eigenvalue weighted by Crippen LogP contribution is 2.34. The van der Waals surface area contributed by atoms with Gasteiger partial charge in [0.2, 0.25) is 5.13 Å². The van der Waals surface area contributed by atoms with Gasteiger partial charge in [0.25, 0.3) is 5.91 Å². The van der Waals surface area contributed by atoms with Crippen LogP contribution in [0.4, 0.5) is 5.13 Å². The number of methoxy groups -OCH3 is 2. The molecule has 0 aliphatic rings. The first-order valence-electron chi connectivity index (χ1n) is 8.65. The molecule has 0 bridgehead atoms. The number of nitrogens with zero attached hydrogens (tertiary/aromatic N) is 4. The topological polar surface area (TPSA) is 91.2 Å². The van der Waals surface area contributed by atoms with Gasteiger partial charge in [0, 0.05) is 23.5 Å². The SMILES string of the molecule is COc1ccc(-c2nnc(NC(=O)c3cccc(-n4cccn4)c3)s2)cc1OC. The Morgan fingerprint density at radius 1 is 1.03 bits per heavy atom. The van der Waals surface area contributed by atoms with E-state index < -0.39 is 0 Å². The molecule has 0 aliphatic heterocycles. The average Bonchev–Trinajstić information content (AvgIpc) is 3.46. The maximum atomic E-state index is 12.6. The number of carbonyl (C=O) groups is 1. The minimum atomic E-state index is -0.269. The first-order chi connectivity index (χ1) is 14.2. The predicted molar refractivity (Wildman–Crippen MR) is 110 cm³/mol. The fraction of sp³-hybridized carbons (Fsp3) is 0.100. The summed E-state index contributed by atoms with van der Waals surface area (Å²) >= 11 is 1.28. The molecular weight excluding hydrogens is 390 g/mol. The Bertz CT molecular complexity index is 1140. The van der Waals surface area contributed by atoms with E-state index in [2.05, 4.69) is 20.6 Å². The van der Waals surface area contributed by atoms with Crippen LogP contribution in [0.5, 0.6) is 11.5 Å². The maximum Gasteiger partial charge on any atom is 0.257 e. The van der Waals surface area contributed by atoms with Crippen LogP contribution in [0, 0.1) is 0 Å². The second-order valence-electron chi connectivity index (χ2n) is 5.94. The number of carbonyl (C=O) groups excluding carboxylic acids is 1. The number of aromatic nitrogens is 4. The van der Waals surface area contributed by atoms with Crippen molar-refractivity contribution in [2.75, 3.05) is 19.5 Å². The molecule has 0 radical (unpaired) electrons. The van der Waals surface area contributed by atoms with Gasteiger partial charge in [0.15, 0.2) is 11.5 Å². The molecule has 4 aromatic rings. The van der Waals surface area contributed by atoms with Crippen molar-refractivity contribution in [1.29, 1.82) is 0 Å². The third-order valence-electron chi connectivity index (χ3n) is 4.15. The molecule has 2 aromatic carbocycles. The van der Waals surface area contributed by atoms with E-state index in [1.54, 1.807) is 49.4 Å². The number of hydrogen-bond donors (Lipinski definition) is 1. The highest BCUT2D eigenvalue weighted by atomic mass is 32.1. The Balaban J connectivity index is 1.52. The number of benzene rings is 2. The molecule has 8 nitrogen and oxygen atoms in total. The lowest BCUT2D eigenvalue weighted by molar-refractivity contribution is 0.102. The molecular formula is C20H17N5O3S. The van der Waals surface area contributed by atoms with Crippen LogP contribution in [0.2, 0.25) is 0 Å². The zero-order valence-electron chi connectivity index (χ0n) is 15.7. The van der Waals surface area contributed by atoms with Crippen LogP contribution < -0.4 is 14.8 Å². The van der Waals surface area contributed by atoms with Crippen molar-refractivity contribution in [3.63, 3.8) is 0 Å². The van der Waals surface area contributed by atoms with Crippen molar-refractivity contribution in [3.05, 3.63) is 66.5 Å². The quantitative estimate of drug-likeness (QED) is 0.525. The zero-order valence-corrected chi connectivity index (χ0v) is 16.5. The Morgan fingerprint density at radius 2 is 1.90 bits per heavy atom. The highest BCUT2D eigenvalue weighted by molar-refractivity contribution is 7.18. The molecule has 1 N–H and O–H groups in total. The summed E-state index contributed by atoms with van der Waals surface area (Å²) in [4.78, 5) is 12.6. The van der Waals surface area contributed by atoms with Crippen molar-refractivity contribution in [1.82, 2.24) is 20.0 Å². The zero-order chi connectivity index (χ0) is 20.2. The van der Waals surface area contributed by atoms with Crippen LogP contribution in [0.1, 0.15) is 10.4 Å². The summed E-state index contributed by atoms with van der Waals surface area (Å²) in [6.45, 7) is 0. The van der Waals surface area contributed by atoms with Gasteiger partial charge in [-0.2, -0.15) is 5.10 Å². The number of nitrogens with one attached hydrogen (secondary N) is 1. The molecule has 0 saturated carbocycles. The van der Waals surface area contributed by atoms with Crippen LogP contribution in [0.15, 0.2) is 60.9 Å². The molecule has 1 amide bonds. The first kappa shape index (κ1) is 18.6. The normalized spacial score (nSPS) is 10.6. The third-order valence-corrected chi connectivity index (χ3v) is 5.04. The van der Waals surface area contributed by atoms with Crippen molar-refractivity contribution in [2.45, 2.75) is 0 Å². The van der Waals surface area contributed by atoms with Crippen LogP contribution in [-0.4, -0.2) is 40.1 Å². The van der Waals surface area contributed by atoms with E-state index in [9.17, 15) is 4.79 Å². The van der Waals surface area contributed by atoms with Crippen LogP contribution >= 0.6 is 11.3 Å². The number of hydrogen-bond acceptors (Lipinski definition) is 7. The number of rotatable bonds is 6. The lowest BCUT2D eigenvalue weighted by Gasteiger charge is -2.07. The number of amides is 1. The fourth-order valence-corrected chi connectivity index (χ4v) is 3.48. The van der Waals surface area contributed by atoms with Crippen LogP contribution in [-0.2, 0) is 0 Å². The van der Waals surface area contributed by atoms with Crippen molar-refractivity contribution in [2.24, 2.45) is 0 Å². The van der Waals surface area contributed by atoms with Crippen molar-refractivity contribution >= 4 is 22.4 Å². The van der Waals surface area contributed by atoms with Crippen molar-refractivity contribution < 1.29 is 14.3 Å². The van der Waals surface area contributed by atoms with E-state index in [4.69, 9.17) is 9.47 Å². The van der Waals surface area contributed by atoms with Gasteiger partial charge in [0.05, 0.1) is 19.9 Å². The molecule has 4 rings (SSSR count). The monoisotopic (exact) mass is 407 g/mol. The van der Waals surface area contributed by atoms with E-state index in [0.29, 0.717) is 27.2 Å². The van der Waals surface area contributed by atoms with Gasteiger partial charge in [-0.15, -0.1) is 10.2 Å². The van der Waals surface area contributed by atoms with Crippen LogP contribution in [0.3, 0.4) is 0 Å². The van der Waals surface area contributed by atoms with Crippen LogP contribution in [0.25, 0.3) is 16.3 Å². The Hall–Kier alpha value is -3.72. The van der Waals surface area contributed by atoms with Gasteiger partial charge in [-0.1, -0.05) is 17.4 Å². The molecule has 0 spiro atoms. The molecule has 0 unspecified atom stereocenters. The van der Waals surface area contributed by atoms with Crippen molar-refractivity contribution in [3.8, 4) is 27.8 Å². The molecule has 0 fully saturated rings. The summed E-state index contributed by atoms with van der Waals surface area (Å²) in [5, 5.41) is 16.3. The van der Waals surface area contributed by atoms with Gasteiger partial charge < -0.3 is 9.47 Å². The summed E-state index contributed by atoms with van der Waals surface area (Å²) in [6.07, 6.45) is 3.50. The van der Waals surface area contributed by atoms with Gasteiger partial charge in [0.1, 0.15) is 5.01 Å². The minimum Gasteiger partial charge on any atom is -0.493 e. The third kappa shape index (κ3) is 3.94. The summed E-state index contributed by atoms with van der Waals surface area (Å²) < 4.78 is 12.3. The first-order valence-corrected chi connectivity index (χ1v) is 9.47. The number of ether oxygens (including phenoxy) is 2. The second kappa shape index (κ2) is 8.11. The number of anilines is 1. The average molecular weight is 407 g/mol. The Kier molecular flexibility index (Phi) is 5.21. The lowest BCUT2D eigenvalue weighted by Crippen LogP contribution is -2.12. The lowest BCUT2D eigenvalue weighted by atomic mass is 10.2. The molecule has 0 atom stereocenters. The Morgan fingerprint density at radius 3 is 2.66 bits per heavy atom. The van der Waals surface area contributed by atoms with E-state index in [-0.39, 0.29) is 5.91 Å². The molecule has 0 saturated heterocycles. The summed E-state index contributed by atoms with van der Waals surface area (Å²) in [7, 11) is 3.15. The summed E-state index contributed by atoms with van der Waals surface area (Å²) in [5.74, 6) is 0.960. The predicted octanol–water partition coefficient (Wildman–Crippen LogP) is 3.66. The summed E-state index contributed by atoms with van der Waals surface area (Å²) in [6, 6.07) is 14.5. The van der Waals surface area contributed by atoms with E-state index >= 15 is 0 Å². The minimum absolute atomic E-state index is 0.269. The molecule has 29 heavy (non-hydrogen) atoms.